The monoisotopic (exact) mass is 311 g/mol. The standard InChI is InChI=1S/C13H14BrNO3/c1-8-5-11(18-15-8)7-17-13-6-10(14)3-4-12(13)9(2)16/h3-6,9,16H,7H2,1-2H3/t9-/m0/s1. The molecule has 1 aromatic heterocycles. The number of benzene rings is 1. The molecule has 1 atom stereocenters. The molecule has 0 amide bonds. The molecule has 0 saturated heterocycles. The van der Waals surface area contributed by atoms with Crippen molar-refractivity contribution in [3.05, 3.63) is 45.8 Å². The van der Waals surface area contributed by atoms with E-state index >= 15 is 0 Å². The van der Waals surface area contributed by atoms with E-state index < -0.39 is 6.10 Å². The fraction of sp³-hybridized carbons (Fsp3) is 0.308. The van der Waals surface area contributed by atoms with Crippen LogP contribution in [0, 0.1) is 6.92 Å². The molecule has 0 saturated carbocycles. The predicted octanol–water partition coefficient (Wildman–Crippen LogP) is 3.38. The van der Waals surface area contributed by atoms with E-state index in [1.807, 2.05) is 31.2 Å². The quantitative estimate of drug-likeness (QED) is 0.940. The minimum Gasteiger partial charge on any atom is -0.485 e. The molecule has 0 unspecified atom stereocenters. The third-order valence-corrected chi connectivity index (χ3v) is 2.97. The summed E-state index contributed by atoms with van der Waals surface area (Å²) in [6.07, 6.45) is -0.579. The average molecular weight is 312 g/mol. The zero-order valence-corrected chi connectivity index (χ0v) is 11.8. The smallest absolute Gasteiger partial charge is 0.174 e. The zero-order valence-electron chi connectivity index (χ0n) is 10.2. The van der Waals surface area contributed by atoms with E-state index in [1.165, 1.54) is 0 Å². The molecule has 18 heavy (non-hydrogen) atoms. The summed E-state index contributed by atoms with van der Waals surface area (Å²) >= 11 is 3.38. The average Bonchev–Trinajstić information content (AvgIpc) is 2.72. The third kappa shape index (κ3) is 3.11. The lowest BCUT2D eigenvalue weighted by Gasteiger charge is -2.12. The minimum atomic E-state index is -0.579. The summed E-state index contributed by atoms with van der Waals surface area (Å²) in [6, 6.07) is 7.34. The van der Waals surface area contributed by atoms with Crippen molar-refractivity contribution in [1.82, 2.24) is 5.16 Å². The Labute approximate surface area is 114 Å². The SMILES string of the molecule is Cc1cc(COc2cc(Br)ccc2[C@H](C)O)on1. The van der Waals surface area contributed by atoms with Crippen molar-refractivity contribution in [1.29, 1.82) is 0 Å². The number of ether oxygens (including phenoxy) is 1. The Balaban J connectivity index is 2.15. The molecule has 0 aliphatic heterocycles. The minimum absolute atomic E-state index is 0.289. The first-order chi connectivity index (χ1) is 8.56. The molecule has 0 spiro atoms. The Kier molecular flexibility index (Phi) is 4.04. The van der Waals surface area contributed by atoms with Crippen LogP contribution >= 0.6 is 15.9 Å². The molecular formula is C13H14BrNO3. The van der Waals surface area contributed by atoms with E-state index in [0.29, 0.717) is 11.5 Å². The van der Waals surface area contributed by atoms with E-state index in [-0.39, 0.29) is 6.61 Å². The summed E-state index contributed by atoms with van der Waals surface area (Å²) in [4.78, 5) is 0. The second kappa shape index (κ2) is 5.54. The molecule has 0 bridgehead atoms. The third-order valence-electron chi connectivity index (χ3n) is 2.47. The van der Waals surface area contributed by atoms with Crippen LogP contribution in [0.4, 0.5) is 0 Å². The molecular weight excluding hydrogens is 298 g/mol. The van der Waals surface area contributed by atoms with Gasteiger partial charge in [-0.25, -0.2) is 0 Å². The molecule has 1 aromatic carbocycles. The summed E-state index contributed by atoms with van der Waals surface area (Å²) < 4.78 is 11.6. The fourth-order valence-corrected chi connectivity index (χ4v) is 1.95. The first-order valence-electron chi connectivity index (χ1n) is 5.59. The zero-order chi connectivity index (χ0) is 13.1. The van der Waals surface area contributed by atoms with Crippen molar-refractivity contribution in [2.24, 2.45) is 0 Å². The van der Waals surface area contributed by atoms with Crippen molar-refractivity contribution >= 4 is 15.9 Å². The molecule has 2 aromatic rings. The van der Waals surface area contributed by atoms with Crippen molar-refractivity contribution in [3.63, 3.8) is 0 Å². The van der Waals surface area contributed by atoms with Gasteiger partial charge in [0.05, 0.1) is 11.8 Å². The fourth-order valence-electron chi connectivity index (χ4n) is 1.61. The lowest BCUT2D eigenvalue weighted by molar-refractivity contribution is 0.186. The van der Waals surface area contributed by atoms with Crippen molar-refractivity contribution in [2.45, 2.75) is 26.6 Å². The highest BCUT2D eigenvalue weighted by Gasteiger charge is 2.11. The molecule has 5 heteroatoms. The van der Waals surface area contributed by atoms with Crippen LogP contribution in [-0.2, 0) is 6.61 Å². The van der Waals surface area contributed by atoms with Gasteiger partial charge in [0.2, 0.25) is 0 Å². The Morgan fingerprint density at radius 2 is 2.22 bits per heavy atom. The van der Waals surface area contributed by atoms with Gasteiger partial charge in [-0.2, -0.15) is 0 Å². The van der Waals surface area contributed by atoms with Crippen LogP contribution in [0.2, 0.25) is 0 Å². The first-order valence-corrected chi connectivity index (χ1v) is 6.38. The largest absolute Gasteiger partial charge is 0.485 e. The number of hydrogen-bond acceptors (Lipinski definition) is 4. The van der Waals surface area contributed by atoms with Crippen LogP contribution in [0.5, 0.6) is 5.75 Å². The molecule has 0 aliphatic carbocycles. The number of aliphatic hydroxyl groups is 1. The maximum Gasteiger partial charge on any atom is 0.174 e. The van der Waals surface area contributed by atoms with Gasteiger partial charge in [-0.1, -0.05) is 27.2 Å². The number of aromatic nitrogens is 1. The summed E-state index contributed by atoms with van der Waals surface area (Å²) in [7, 11) is 0. The number of aryl methyl sites for hydroxylation is 1. The second-order valence-electron chi connectivity index (χ2n) is 4.08. The number of nitrogens with zero attached hydrogens (tertiary/aromatic N) is 1. The topological polar surface area (TPSA) is 55.5 Å². The first kappa shape index (κ1) is 13.1. The van der Waals surface area contributed by atoms with Crippen molar-refractivity contribution in [2.75, 3.05) is 0 Å². The molecule has 0 radical (unpaired) electrons. The van der Waals surface area contributed by atoms with Crippen LogP contribution in [0.1, 0.15) is 30.0 Å². The number of halogens is 1. The summed E-state index contributed by atoms with van der Waals surface area (Å²) in [5.74, 6) is 1.29. The van der Waals surface area contributed by atoms with Crippen LogP contribution < -0.4 is 4.74 Å². The van der Waals surface area contributed by atoms with E-state index in [9.17, 15) is 5.11 Å². The number of aliphatic hydroxyl groups excluding tert-OH is 1. The molecule has 1 N–H and O–H groups in total. The highest BCUT2D eigenvalue weighted by Crippen LogP contribution is 2.29. The van der Waals surface area contributed by atoms with Gasteiger partial charge in [0.15, 0.2) is 5.76 Å². The van der Waals surface area contributed by atoms with E-state index in [0.717, 1.165) is 15.7 Å². The molecule has 2 rings (SSSR count). The normalized spacial score (nSPS) is 12.4. The van der Waals surface area contributed by atoms with Gasteiger partial charge in [-0.3, -0.25) is 0 Å². The summed E-state index contributed by atoms with van der Waals surface area (Å²) in [5, 5.41) is 13.5. The van der Waals surface area contributed by atoms with Crippen LogP contribution in [0.15, 0.2) is 33.3 Å². The van der Waals surface area contributed by atoms with Crippen LogP contribution in [0.3, 0.4) is 0 Å². The summed E-state index contributed by atoms with van der Waals surface area (Å²) in [6.45, 7) is 3.85. The van der Waals surface area contributed by atoms with Crippen LogP contribution in [-0.4, -0.2) is 10.3 Å². The van der Waals surface area contributed by atoms with Gasteiger partial charge in [-0.15, -0.1) is 0 Å². The van der Waals surface area contributed by atoms with Crippen molar-refractivity contribution < 1.29 is 14.4 Å². The molecule has 0 aliphatic rings. The highest BCUT2D eigenvalue weighted by atomic mass is 79.9. The number of rotatable bonds is 4. The van der Waals surface area contributed by atoms with Gasteiger partial charge in [0.25, 0.3) is 0 Å². The van der Waals surface area contributed by atoms with E-state index in [4.69, 9.17) is 9.26 Å². The molecule has 96 valence electrons. The predicted molar refractivity (Wildman–Crippen MR) is 70.3 cm³/mol. The van der Waals surface area contributed by atoms with E-state index in [1.54, 1.807) is 6.92 Å². The Morgan fingerprint density at radius 1 is 1.44 bits per heavy atom. The lowest BCUT2D eigenvalue weighted by Crippen LogP contribution is -2.00. The van der Waals surface area contributed by atoms with E-state index in [2.05, 4.69) is 21.1 Å². The van der Waals surface area contributed by atoms with Crippen molar-refractivity contribution in [3.8, 4) is 5.75 Å². The van der Waals surface area contributed by atoms with Crippen LogP contribution in [0.25, 0.3) is 0 Å². The van der Waals surface area contributed by atoms with Gasteiger partial charge < -0.3 is 14.4 Å². The molecule has 0 fully saturated rings. The Bertz CT molecular complexity index is 537. The lowest BCUT2D eigenvalue weighted by atomic mass is 10.1. The Morgan fingerprint density at radius 3 is 2.83 bits per heavy atom. The Hall–Kier alpha value is -1.33. The molecule has 4 nitrogen and oxygen atoms in total. The maximum atomic E-state index is 9.67. The second-order valence-corrected chi connectivity index (χ2v) is 5.00. The maximum absolute atomic E-state index is 9.67. The number of hydrogen-bond donors (Lipinski definition) is 1. The van der Waals surface area contributed by atoms with Gasteiger partial charge in [0.1, 0.15) is 12.4 Å². The van der Waals surface area contributed by atoms with Gasteiger partial charge in [-0.05, 0) is 26.0 Å². The highest BCUT2D eigenvalue weighted by molar-refractivity contribution is 9.10. The van der Waals surface area contributed by atoms with Gasteiger partial charge in [0, 0.05) is 16.1 Å². The summed E-state index contributed by atoms with van der Waals surface area (Å²) in [5.41, 5.74) is 1.56. The molecule has 1 heterocycles. The van der Waals surface area contributed by atoms with Gasteiger partial charge >= 0.3 is 0 Å².